The van der Waals surface area contributed by atoms with Crippen LogP contribution in [0.1, 0.15) is 25.0 Å². The summed E-state index contributed by atoms with van der Waals surface area (Å²) < 4.78 is 15.7. The number of nitriles is 2. The Labute approximate surface area is 190 Å². The molecule has 0 heterocycles. The van der Waals surface area contributed by atoms with E-state index in [4.69, 9.17) is 25.8 Å². The van der Waals surface area contributed by atoms with Gasteiger partial charge in [0.2, 0.25) is 0 Å². The minimum absolute atomic E-state index is 0.0842. The van der Waals surface area contributed by atoms with Gasteiger partial charge in [-0.3, -0.25) is 0 Å². The molecule has 0 N–H and O–H groups in total. The van der Waals surface area contributed by atoms with Crippen LogP contribution < -0.4 is 9.47 Å². The van der Waals surface area contributed by atoms with Gasteiger partial charge in [0.15, 0.2) is 11.5 Å². The highest BCUT2D eigenvalue weighted by Gasteiger charge is 2.17. The fraction of sp³-hybridized carbons (Fsp3) is 0.167. The summed E-state index contributed by atoms with van der Waals surface area (Å²) >= 11 is 5.85. The van der Waals surface area contributed by atoms with Crippen LogP contribution >= 0.6 is 11.6 Å². The SMILES string of the molecule is CCOC(=O)/C(C#N)=C/c1ccc(OC(=O)/C(C#N)=C/c2ccc(Cl)cc2)c(OCC)c1. The molecule has 7 nitrogen and oxygen atoms in total. The maximum absolute atomic E-state index is 12.5. The van der Waals surface area contributed by atoms with E-state index >= 15 is 0 Å². The van der Waals surface area contributed by atoms with Crippen LogP contribution in [0.25, 0.3) is 12.2 Å². The van der Waals surface area contributed by atoms with Crippen LogP contribution in [0.4, 0.5) is 0 Å². The monoisotopic (exact) mass is 450 g/mol. The molecule has 0 aliphatic carbocycles. The van der Waals surface area contributed by atoms with Gasteiger partial charge < -0.3 is 14.2 Å². The lowest BCUT2D eigenvalue weighted by Gasteiger charge is -2.11. The molecule has 0 spiro atoms. The molecule has 32 heavy (non-hydrogen) atoms. The Morgan fingerprint density at radius 3 is 2.06 bits per heavy atom. The molecular weight excluding hydrogens is 432 g/mol. The maximum atomic E-state index is 12.5. The van der Waals surface area contributed by atoms with E-state index in [1.807, 2.05) is 6.07 Å². The average molecular weight is 451 g/mol. The Morgan fingerprint density at radius 1 is 0.875 bits per heavy atom. The van der Waals surface area contributed by atoms with Gasteiger partial charge in [-0.1, -0.05) is 29.8 Å². The second-order valence-corrected chi connectivity index (χ2v) is 6.58. The quantitative estimate of drug-likeness (QED) is 0.247. The highest BCUT2D eigenvalue weighted by molar-refractivity contribution is 6.30. The predicted octanol–water partition coefficient (Wildman–Crippen LogP) is 4.72. The molecule has 0 aliphatic heterocycles. The first kappa shape index (κ1) is 24.2. The predicted molar refractivity (Wildman–Crippen MR) is 119 cm³/mol. The number of rotatable bonds is 8. The summed E-state index contributed by atoms with van der Waals surface area (Å²) in [6.07, 6.45) is 2.72. The van der Waals surface area contributed by atoms with Crippen LogP contribution in [0.3, 0.4) is 0 Å². The highest BCUT2D eigenvalue weighted by Crippen LogP contribution is 2.30. The number of carbonyl (C=O) groups excluding carboxylic acids is 2. The fourth-order valence-electron chi connectivity index (χ4n) is 2.50. The summed E-state index contributed by atoms with van der Waals surface area (Å²) in [5, 5.41) is 19.1. The molecule has 2 rings (SSSR count). The third-order valence-corrected chi connectivity index (χ3v) is 4.17. The largest absolute Gasteiger partial charge is 0.490 e. The van der Waals surface area contributed by atoms with E-state index in [-0.39, 0.29) is 35.9 Å². The van der Waals surface area contributed by atoms with E-state index in [0.717, 1.165) is 0 Å². The number of halogens is 1. The first-order valence-corrected chi connectivity index (χ1v) is 9.94. The smallest absolute Gasteiger partial charge is 0.354 e. The van der Waals surface area contributed by atoms with Gasteiger partial charge in [0.25, 0.3) is 0 Å². The van der Waals surface area contributed by atoms with Crippen LogP contribution in [0.2, 0.25) is 5.02 Å². The molecule has 0 fully saturated rings. The lowest BCUT2D eigenvalue weighted by Crippen LogP contribution is -2.11. The molecule has 2 aromatic carbocycles. The van der Waals surface area contributed by atoms with Gasteiger partial charge >= 0.3 is 11.9 Å². The number of carbonyl (C=O) groups is 2. The number of ether oxygens (including phenoxy) is 3. The number of hydrogen-bond donors (Lipinski definition) is 0. The van der Waals surface area contributed by atoms with Crippen molar-refractivity contribution in [1.82, 2.24) is 0 Å². The second-order valence-electron chi connectivity index (χ2n) is 6.14. The molecule has 162 valence electrons. The molecule has 0 saturated heterocycles. The molecule has 0 radical (unpaired) electrons. The number of nitrogens with zero attached hydrogens (tertiary/aromatic N) is 2. The van der Waals surface area contributed by atoms with Crippen LogP contribution in [0.5, 0.6) is 11.5 Å². The molecule has 0 atom stereocenters. The molecule has 0 bridgehead atoms. The van der Waals surface area contributed by atoms with Gasteiger partial charge in [0, 0.05) is 5.02 Å². The maximum Gasteiger partial charge on any atom is 0.354 e. The highest BCUT2D eigenvalue weighted by atomic mass is 35.5. The first-order chi connectivity index (χ1) is 15.4. The molecule has 0 unspecified atom stereocenters. The summed E-state index contributed by atoms with van der Waals surface area (Å²) in [7, 11) is 0. The van der Waals surface area contributed by atoms with Crippen molar-refractivity contribution in [1.29, 1.82) is 10.5 Å². The summed E-state index contributed by atoms with van der Waals surface area (Å²) in [5.74, 6) is -1.31. The number of benzene rings is 2. The Bertz CT molecular complexity index is 1140. The zero-order valence-corrected chi connectivity index (χ0v) is 18.2. The molecule has 2 aromatic rings. The fourth-order valence-corrected chi connectivity index (χ4v) is 2.62. The summed E-state index contributed by atoms with van der Waals surface area (Å²) in [4.78, 5) is 24.4. The third-order valence-electron chi connectivity index (χ3n) is 3.92. The van der Waals surface area contributed by atoms with Crippen molar-refractivity contribution in [3.05, 3.63) is 69.8 Å². The van der Waals surface area contributed by atoms with Gasteiger partial charge in [-0.2, -0.15) is 10.5 Å². The molecule has 0 saturated carbocycles. The van der Waals surface area contributed by atoms with E-state index in [2.05, 4.69) is 0 Å². The minimum atomic E-state index is -0.865. The van der Waals surface area contributed by atoms with Gasteiger partial charge in [-0.05, 0) is 61.4 Å². The normalized spacial score (nSPS) is 11.2. The standard InChI is InChI=1S/C24H19ClN2O5/c1-3-30-22-13-17(12-18(14-26)23(28)31-4-2)7-10-21(22)32-24(29)19(15-27)11-16-5-8-20(25)9-6-16/h5-13H,3-4H2,1-2H3/b18-12+,19-11+. The third kappa shape index (κ3) is 6.73. The van der Waals surface area contributed by atoms with Crippen molar-refractivity contribution in [3.8, 4) is 23.6 Å². The van der Waals surface area contributed by atoms with E-state index < -0.39 is 11.9 Å². The topological polar surface area (TPSA) is 109 Å². The van der Waals surface area contributed by atoms with Crippen LogP contribution in [-0.4, -0.2) is 25.2 Å². The van der Waals surface area contributed by atoms with Gasteiger partial charge in [-0.15, -0.1) is 0 Å². The number of hydrogen-bond acceptors (Lipinski definition) is 7. The Hall–Kier alpha value is -4.07. The Kier molecular flexibility index (Phi) is 9.04. The van der Waals surface area contributed by atoms with Crippen LogP contribution in [0, 0.1) is 22.7 Å². The zero-order chi connectivity index (χ0) is 23.5. The van der Waals surface area contributed by atoms with Gasteiger partial charge in [0.1, 0.15) is 23.3 Å². The van der Waals surface area contributed by atoms with Crippen LogP contribution in [0.15, 0.2) is 53.6 Å². The molecule has 0 amide bonds. The molecular formula is C24H19ClN2O5. The van der Waals surface area contributed by atoms with Crippen LogP contribution in [-0.2, 0) is 14.3 Å². The summed E-state index contributed by atoms with van der Waals surface area (Å²) in [5.41, 5.74) is 0.677. The van der Waals surface area contributed by atoms with E-state index in [1.165, 1.54) is 30.4 Å². The lowest BCUT2D eigenvalue weighted by atomic mass is 10.1. The van der Waals surface area contributed by atoms with Gasteiger partial charge in [-0.25, -0.2) is 9.59 Å². The molecule has 8 heteroatoms. The van der Waals surface area contributed by atoms with Crippen molar-refractivity contribution < 1.29 is 23.8 Å². The second kappa shape index (κ2) is 11.9. The van der Waals surface area contributed by atoms with Crippen molar-refractivity contribution in [2.75, 3.05) is 13.2 Å². The zero-order valence-electron chi connectivity index (χ0n) is 17.4. The lowest BCUT2D eigenvalue weighted by molar-refractivity contribution is -0.138. The van der Waals surface area contributed by atoms with E-state index in [0.29, 0.717) is 16.1 Å². The average Bonchev–Trinajstić information content (AvgIpc) is 2.78. The number of esters is 2. The Balaban J connectivity index is 2.31. The summed E-state index contributed by atoms with van der Waals surface area (Å²) in [6, 6.07) is 14.7. The minimum Gasteiger partial charge on any atom is -0.490 e. The van der Waals surface area contributed by atoms with E-state index in [9.17, 15) is 20.1 Å². The van der Waals surface area contributed by atoms with Crippen molar-refractivity contribution in [3.63, 3.8) is 0 Å². The van der Waals surface area contributed by atoms with Crippen molar-refractivity contribution in [2.24, 2.45) is 0 Å². The van der Waals surface area contributed by atoms with Gasteiger partial charge in [0.05, 0.1) is 13.2 Å². The van der Waals surface area contributed by atoms with Crippen molar-refractivity contribution >= 4 is 35.7 Å². The Morgan fingerprint density at radius 2 is 1.47 bits per heavy atom. The van der Waals surface area contributed by atoms with E-state index in [1.54, 1.807) is 44.2 Å². The molecule has 0 aliphatic rings. The summed E-state index contributed by atoms with van der Waals surface area (Å²) in [6.45, 7) is 3.79. The first-order valence-electron chi connectivity index (χ1n) is 9.57. The van der Waals surface area contributed by atoms with Crippen molar-refractivity contribution in [2.45, 2.75) is 13.8 Å². The molecule has 0 aromatic heterocycles.